The Labute approximate surface area is 109 Å². The maximum Gasteiger partial charge on any atom is -0.00161 e. The van der Waals surface area contributed by atoms with Crippen molar-refractivity contribution in [2.45, 2.75) is 72.1 Å². The first-order chi connectivity index (χ1) is 8.26. The molecule has 1 rings (SSSR count). The molecule has 17 heavy (non-hydrogen) atoms. The lowest BCUT2D eigenvalue weighted by Crippen LogP contribution is -2.34. The van der Waals surface area contributed by atoms with Crippen LogP contribution in [0.2, 0.25) is 0 Å². The van der Waals surface area contributed by atoms with Gasteiger partial charge in [-0.3, -0.25) is 0 Å². The molecule has 1 atom stereocenters. The molecule has 0 bridgehead atoms. The third-order valence-corrected chi connectivity index (χ3v) is 4.50. The highest BCUT2D eigenvalue weighted by Crippen LogP contribution is 2.23. The van der Waals surface area contributed by atoms with Crippen LogP contribution in [-0.4, -0.2) is 24.5 Å². The van der Waals surface area contributed by atoms with E-state index >= 15 is 0 Å². The van der Waals surface area contributed by atoms with Crippen molar-refractivity contribution in [1.82, 2.24) is 4.90 Å². The lowest BCUT2D eigenvalue weighted by Gasteiger charge is -2.31. The van der Waals surface area contributed by atoms with Crippen LogP contribution in [0.1, 0.15) is 72.1 Å². The zero-order valence-corrected chi connectivity index (χ0v) is 12.4. The van der Waals surface area contributed by atoms with Gasteiger partial charge in [0.2, 0.25) is 0 Å². The minimum atomic E-state index is 0.946. The van der Waals surface area contributed by atoms with Crippen molar-refractivity contribution in [3.05, 3.63) is 0 Å². The standard InChI is InChI=1S/C16H33N/c1-4-12-17-13-10-16(11-14-17)9-7-6-8-15(3)5-2/h15-16H,4-14H2,1-3H3. The van der Waals surface area contributed by atoms with E-state index in [0.29, 0.717) is 0 Å². The predicted molar refractivity (Wildman–Crippen MR) is 77.4 cm³/mol. The van der Waals surface area contributed by atoms with E-state index in [9.17, 15) is 0 Å². The van der Waals surface area contributed by atoms with Crippen LogP contribution in [0.5, 0.6) is 0 Å². The lowest BCUT2D eigenvalue weighted by molar-refractivity contribution is 0.177. The second kappa shape index (κ2) is 8.97. The van der Waals surface area contributed by atoms with E-state index < -0.39 is 0 Å². The molecule has 102 valence electrons. The van der Waals surface area contributed by atoms with Crippen LogP contribution in [0.25, 0.3) is 0 Å². The van der Waals surface area contributed by atoms with Crippen LogP contribution in [0, 0.1) is 11.8 Å². The second-order valence-corrected chi connectivity index (χ2v) is 6.08. The van der Waals surface area contributed by atoms with Crippen LogP contribution in [0.15, 0.2) is 0 Å². The van der Waals surface area contributed by atoms with Gasteiger partial charge in [-0.1, -0.05) is 52.9 Å². The maximum absolute atomic E-state index is 2.65. The molecule has 0 N–H and O–H groups in total. The Morgan fingerprint density at radius 3 is 2.41 bits per heavy atom. The minimum Gasteiger partial charge on any atom is -0.303 e. The first-order valence-corrected chi connectivity index (χ1v) is 7.98. The first-order valence-electron chi connectivity index (χ1n) is 7.98. The van der Waals surface area contributed by atoms with Crippen molar-refractivity contribution >= 4 is 0 Å². The first kappa shape index (κ1) is 15.0. The number of hydrogen-bond acceptors (Lipinski definition) is 1. The summed E-state index contributed by atoms with van der Waals surface area (Å²) in [6.45, 7) is 11.0. The van der Waals surface area contributed by atoms with Crippen LogP contribution in [-0.2, 0) is 0 Å². The average Bonchev–Trinajstić information content (AvgIpc) is 2.36. The zero-order valence-electron chi connectivity index (χ0n) is 12.4. The Morgan fingerprint density at radius 1 is 1.12 bits per heavy atom. The molecule has 0 amide bonds. The summed E-state index contributed by atoms with van der Waals surface area (Å²) in [4.78, 5) is 2.65. The van der Waals surface area contributed by atoms with Gasteiger partial charge < -0.3 is 4.90 Å². The Morgan fingerprint density at radius 2 is 1.82 bits per heavy atom. The lowest BCUT2D eigenvalue weighted by atomic mass is 9.90. The molecule has 1 aliphatic rings. The van der Waals surface area contributed by atoms with Gasteiger partial charge in [-0.15, -0.1) is 0 Å². The molecule has 0 aliphatic carbocycles. The molecule has 1 heteroatoms. The Bertz CT molecular complexity index is 170. The van der Waals surface area contributed by atoms with E-state index in [1.54, 1.807) is 0 Å². The summed E-state index contributed by atoms with van der Waals surface area (Å²) in [7, 11) is 0. The SMILES string of the molecule is CCCN1CCC(CCCCC(C)CC)CC1. The van der Waals surface area contributed by atoms with E-state index in [0.717, 1.165) is 11.8 Å². The summed E-state index contributed by atoms with van der Waals surface area (Å²) < 4.78 is 0. The van der Waals surface area contributed by atoms with Gasteiger partial charge in [0.05, 0.1) is 0 Å². The van der Waals surface area contributed by atoms with Gasteiger partial charge in [0, 0.05) is 0 Å². The second-order valence-electron chi connectivity index (χ2n) is 6.08. The summed E-state index contributed by atoms with van der Waals surface area (Å²) in [5, 5.41) is 0. The molecule has 1 heterocycles. The molecule has 0 radical (unpaired) electrons. The molecule has 0 saturated carbocycles. The Balaban J connectivity index is 1.99. The molecule has 1 aliphatic heterocycles. The predicted octanol–water partition coefficient (Wildman–Crippen LogP) is 4.71. The van der Waals surface area contributed by atoms with Crippen molar-refractivity contribution in [2.24, 2.45) is 11.8 Å². The summed E-state index contributed by atoms with van der Waals surface area (Å²) in [6, 6.07) is 0. The third-order valence-electron chi connectivity index (χ3n) is 4.50. The summed E-state index contributed by atoms with van der Waals surface area (Å²) in [6.07, 6.45) is 11.5. The van der Waals surface area contributed by atoms with Gasteiger partial charge in [-0.05, 0) is 50.7 Å². The molecule has 1 fully saturated rings. The van der Waals surface area contributed by atoms with E-state index in [2.05, 4.69) is 25.7 Å². The smallest absolute Gasteiger partial charge is 0.00161 e. The van der Waals surface area contributed by atoms with Crippen LogP contribution in [0.4, 0.5) is 0 Å². The Hall–Kier alpha value is -0.0400. The third kappa shape index (κ3) is 6.45. The van der Waals surface area contributed by atoms with Gasteiger partial charge in [0.15, 0.2) is 0 Å². The molecule has 0 aromatic heterocycles. The van der Waals surface area contributed by atoms with Crippen molar-refractivity contribution in [3.63, 3.8) is 0 Å². The maximum atomic E-state index is 2.65. The minimum absolute atomic E-state index is 0.946. The molecule has 0 aromatic rings. The number of piperidine rings is 1. The fraction of sp³-hybridized carbons (Fsp3) is 1.00. The topological polar surface area (TPSA) is 3.24 Å². The van der Waals surface area contributed by atoms with Crippen molar-refractivity contribution in [1.29, 1.82) is 0 Å². The highest BCUT2D eigenvalue weighted by Gasteiger charge is 2.17. The molecule has 1 saturated heterocycles. The van der Waals surface area contributed by atoms with Gasteiger partial charge in [0.1, 0.15) is 0 Å². The summed E-state index contributed by atoms with van der Waals surface area (Å²) >= 11 is 0. The van der Waals surface area contributed by atoms with Crippen molar-refractivity contribution < 1.29 is 0 Å². The van der Waals surface area contributed by atoms with Gasteiger partial charge in [-0.2, -0.15) is 0 Å². The monoisotopic (exact) mass is 239 g/mol. The van der Waals surface area contributed by atoms with Crippen LogP contribution >= 0.6 is 0 Å². The van der Waals surface area contributed by atoms with Crippen LogP contribution < -0.4 is 0 Å². The van der Waals surface area contributed by atoms with E-state index in [-0.39, 0.29) is 0 Å². The fourth-order valence-corrected chi connectivity index (χ4v) is 2.94. The number of unbranched alkanes of at least 4 members (excludes halogenated alkanes) is 1. The normalized spacial score (nSPS) is 20.6. The van der Waals surface area contributed by atoms with Gasteiger partial charge >= 0.3 is 0 Å². The number of nitrogens with zero attached hydrogens (tertiary/aromatic N) is 1. The number of hydrogen-bond donors (Lipinski definition) is 0. The van der Waals surface area contributed by atoms with Crippen LogP contribution in [0.3, 0.4) is 0 Å². The molecular weight excluding hydrogens is 206 g/mol. The number of likely N-dealkylation sites (tertiary alicyclic amines) is 1. The fourth-order valence-electron chi connectivity index (χ4n) is 2.94. The quantitative estimate of drug-likeness (QED) is 0.554. The highest BCUT2D eigenvalue weighted by molar-refractivity contribution is 4.72. The zero-order chi connectivity index (χ0) is 12.5. The molecule has 1 unspecified atom stereocenters. The summed E-state index contributed by atoms with van der Waals surface area (Å²) in [5.74, 6) is 1.99. The highest BCUT2D eigenvalue weighted by atomic mass is 15.1. The van der Waals surface area contributed by atoms with E-state index in [1.807, 2.05) is 0 Å². The molecule has 1 nitrogen and oxygen atoms in total. The van der Waals surface area contributed by atoms with E-state index in [4.69, 9.17) is 0 Å². The Kier molecular flexibility index (Phi) is 7.92. The molecular formula is C16H33N. The van der Waals surface area contributed by atoms with Gasteiger partial charge in [0.25, 0.3) is 0 Å². The largest absolute Gasteiger partial charge is 0.303 e. The molecule has 0 aromatic carbocycles. The number of rotatable bonds is 8. The average molecular weight is 239 g/mol. The van der Waals surface area contributed by atoms with Crippen molar-refractivity contribution in [2.75, 3.05) is 19.6 Å². The summed E-state index contributed by atoms with van der Waals surface area (Å²) in [5.41, 5.74) is 0. The van der Waals surface area contributed by atoms with Gasteiger partial charge in [-0.25, -0.2) is 0 Å². The van der Waals surface area contributed by atoms with E-state index in [1.165, 1.54) is 71.0 Å². The van der Waals surface area contributed by atoms with Crippen molar-refractivity contribution in [3.8, 4) is 0 Å². The molecule has 0 spiro atoms.